The van der Waals surface area contributed by atoms with E-state index in [9.17, 15) is 0 Å². The second kappa shape index (κ2) is 5.74. The lowest BCUT2D eigenvalue weighted by Gasteiger charge is -2.09. The minimum atomic E-state index is 0.393. The molecule has 4 nitrogen and oxygen atoms in total. The van der Waals surface area contributed by atoms with Crippen LogP contribution in [0.25, 0.3) is 0 Å². The molecule has 2 aromatic heterocycles. The number of nitrogens with one attached hydrogen (secondary N) is 1. The average Bonchev–Trinajstić information content (AvgIpc) is 2.93. The second-order valence-electron chi connectivity index (χ2n) is 5.01. The summed E-state index contributed by atoms with van der Waals surface area (Å²) in [7, 11) is 0. The van der Waals surface area contributed by atoms with Crippen LogP contribution in [-0.4, -0.2) is 14.8 Å². The smallest absolute Gasteiger partial charge is 0.0925 e. The van der Waals surface area contributed by atoms with E-state index in [1.807, 2.05) is 6.20 Å². The molecule has 0 aliphatic heterocycles. The van der Waals surface area contributed by atoms with Gasteiger partial charge in [-0.05, 0) is 34.1 Å². The highest BCUT2D eigenvalue weighted by molar-refractivity contribution is 7.11. The summed E-state index contributed by atoms with van der Waals surface area (Å²) in [5, 5.41) is 9.28. The maximum Gasteiger partial charge on any atom is 0.0925 e. The third kappa shape index (κ3) is 2.97. The van der Waals surface area contributed by atoms with Crippen molar-refractivity contribution in [3.05, 3.63) is 27.5 Å². The Bertz CT molecular complexity index is 554. The van der Waals surface area contributed by atoms with Gasteiger partial charge in [-0.1, -0.05) is 6.92 Å². The van der Waals surface area contributed by atoms with E-state index in [1.54, 1.807) is 11.3 Å². The van der Waals surface area contributed by atoms with Crippen LogP contribution in [0.3, 0.4) is 0 Å². The Hall–Kier alpha value is -1.36. The van der Waals surface area contributed by atoms with Crippen molar-refractivity contribution in [2.75, 3.05) is 5.32 Å². The minimum Gasteiger partial charge on any atom is -0.377 e. The molecule has 104 valence electrons. The number of aryl methyl sites for hydroxylation is 2. The number of thiazole rings is 1. The molecular formula is C14H22N4S. The van der Waals surface area contributed by atoms with Crippen LogP contribution in [0.5, 0.6) is 0 Å². The number of hydrogen-bond acceptors (Lipinski definition) is 4. The van der Waals surface area contributed by atoms with Gasteiger partial charge in [0.2, 0.25) is 0 Å². The third-order valence-corrected chi connectivity index (χ3v) is 4.30. The average molecular weight is 278 g/mol. The lowest BCUT2D eigenvalue weighted by molar-refractivity contribution is 0.516. The summed E-state index contributed by atoms with van der Waals surface area (Å²) >= 11 is 1.78. The molecule has 2 heterocycles. The molecule has 0 aliphatic carbocycles. The predicted molar refractivity (Wildman–Crippen MR) is 80.9 cm³/mol. The molecule has 0 atom stereocenters. The Morgan fingerprint density at radius 2 is 2.11 bits per heavy atom. The zero-order chi connectivity index (χ0) is 14.0. The van der Waals surface area contributed by atoms with Crippen LogP contribution in [0.2, 0.25) is 0 Å². The van der Waals surface area contributed by atoms with Crippen LogP contribution < -0.4 is 5.32 Å². The maximum absolute atomic E-state index is 4.59. The predicted octanol–water partition coefficient (Wildman–Crippen LogP) is 3.71. The van der Waals surface area contributed by atoms with Gasteiger partial charge in [-0.3, -0.25) is 4.68 Å². The maximum atomic E-state index is 4.59. The number of nitrogens with zero attached hydrogens (tertiary/aromatic N) is 3. The van der Waals surface area contributed by atoms with Crippen molar-refractivity contribution in [2.45, 2.75) is 53.6 Å². The van der Waals surface area contributed by atoms with E-state index < -0.39 is 0 Å². The second-order valence-corrected chi connectivity index (χ2v) is 6.21. The minimum absolute atomic E-state index is 0.393. The third-order valence-electron chi connectivity index (χ3n) is 3.16. The molecule has 0 amide bonds. The van der Waals surface area contributed by atoms with Gasteiger partial charge in [-0.25, -0.2) is 4.98 Å². The number of anilines is 1. The topological polar surface area (TPSA) is 42.7 Å². The van der Waals surface area contributed by atoms with Crippen molar-refractivity contribution >= 4 is 17.0 Å². The van der Waals surface area contributed by atoms with Gasteiger partial charge in [0.05, 0.1) is 28.6 Å². The highest BCUT2D eigenvalue weighted by Gasteiger charge is 2.13. The Labute approximate surface area is 118 Å². The Balaban J connectivity index is 2.11. The lowest BCUT2D eigenvalue weighted by atomic mass is 10.3. The van der Waals surface area contributed by atoms with Crippen LogP contribution in [-0.2, 0) is 13.0 Å². The first-order valence-electron chi connectivity index (χ1n) is 6.76. The summed E-state index contributed by atoms with van der Waals surface area (Å²) in [5.74, 6) is 0. The number of rotatable bonds is 5. The molecular weight excluding hydrogens is 256 g/mol. The monoisotopic (exact) mass is 278 g/mol. The van der Waals surface area contributed by atoms with Crippen molar-refractivity contribution in [1.82, 2.24) is 14.8 Å². The molecule has 0 bridgehead atoms. The van der Waals surface area contributed by atoms with Crippen molar-refractivity contribution in [3.8, 4) is 0 Å². The molecule has 0 aromatic carbocycles. The number of hydrogen-bond donors (Lipinski definition) is 1. The molecule has 0 saturated heterocycles. The van der Waals surface area contributed by atoms with Crippen molar-refractivity contribution in [2.24, 2.45) is 0 Å². The first-order valence-corrected chi connectivity index (χ1v) is 7.57. The normalized spacial score (nSPS) is 11.3. The molecule has 5 heteroatoms. The molecule has 19 heavy (non-hydrogen) atoms. The Morgan fingerprint density at radius 1 is 1.37 bits per heavy atom. The van der Waals surface area contributed by atoms with E-state index in [-0.39, 0.29) is 0 Å². The van der Waals surface area contributed by atoms with Gasteiger partial charge in [-0.15, -0.1) is 11.3 Å². The van der Waals surface area contributed by atoms with Crippen LogP contribution in [0.15, 0.2) is 6.20 Å². The van der Waals surface area contributed by atoms with E-state index in [1.165, 1.54) is 15.6 Å². The number of aromatic nitrogens is 3. The summed E-state index contributed by atoms with van der Waals surface area (Å²) in [6, 6.07) is 0.393. The Morgan fingerprint density at radius 3 is 2.63 bits per heavy atom. The zero-order valence-electron chi connectivity index (χ0n) is 12.3. The van der Waals surface area contributed by atoms with Crippen molar-refractivity contribution in [3.63, 3.8) is 0 Å². The molecule has 2 rings (SSSR count). The molecule has 0 radical (unpaired) electrons. The fourth-order valence-corrected chi connectivity index (χ4v) is 2.99. The van der Waals surface area contributed by atoms with Gasteiger partial charge in [0.25, 0.3) is 0 Å². The highest BCUT2D eigenvalue weighted by atomic mass is 32.1. The van der Waals surface area contributed by atoms with Crippen LogP contribution >= 0.6 is 11.3 Å². The molecule has 0 fully saturated rings. The fraction of sp³-hybridized carbons (Fsp3) is 0.571. The van der Waals surface area contributed by atoms with E-state index in [2.05, 4.69) is 54.7 Å². The summed E-state index contributed by atoms with van der Waals surface area (Å²) < 4.78 is 2.07. The standard InChI is InChI=1S/C14H22N4S/c1-6-13-15-7-12(19-13)8-16-14-10(4)17-18(9(2)3)11(14)5/h7,9,16H,6,8H2,1-5H3. The first-order chi connectivity index (χ1) is 9.02. The van der Waals surface area contributed by atoms with Crippen LogP contribution in [0.1, 0.15) is 48.1 Å². The SMILES string of the molecule is CCc1ncc(CNc2c(C)nn(C(C)C)c2C)s1. The molecule has 1 N–H and O–H groups in total. The van der Waals surface area contributed by atoms with E-state index in [0.29, 0.717) is 6.04 Å². The van der Waals surface area contributed by atoms with Crippen LogP contribution in [0.4, 0.5) is 5.69 Å². The lowest BCUT2D eigenvalue weighted by Crippen LogP contribution is -2.05. The summed E-state index contributed by atoms with van der Waals surface area (Å²) in [6.45, 7) is 11.4. The highest BCUT2D eigenvalue weighted by Crippen LogP contribution is 2.24. The van der Waals surface area contributed by atoms with Gasteiger partial charge < -0.3 is 5.32 Å². The summed E-state index contributed by atoms with van der Waals surface area (Å²) in [5.41, 5.74) is 3.42. The summed E-state index contributed by atoms with van der Waals surface area (Å²) in [4.78, 5) is 5.65. The fourth-order valence-electron chi connectivity index (χ4n) is 2.19. The Kier molecular flexibility index (Phi) is 4.24. The molecule has 2 aromatic rings. The molecule has 0 aliphatic rings. The molecule has 0 spiro atoms. The quantitative estimate of drug-likeness (QED) is 0.906. The van der Waals surface area contributed by atoms with E-state index >= 15 is 0 Å². The molecule has 0 unspecified atom stereocenters. The van der Waals surface area contributed by atoms with E-state index in [0.717, 1.165) is 24.3 Å². The van der Waals surface area contributed by atoms with Gasteiger partial charge in [0.15, 0.2) is 0 Å². The zero-order valence-corrected chi connectivity index (χ0v) is 13.1. The van der Waals surface area contributed by atoms with Crippen molar-refractivity contribution in [1.29, 1.82) is 0 Å². The summed E-state index contributed by atoms with van der Waals surface area (Å²) in [6.07, 6.45) is 2.97. The largest absolute Gasteiger partial charge is 0.377 e. The van der Waals surface area contributed by atoms with Gasteiger partial charge in [0.1, 0.15) is 0 Å². The first kappa shape index (κ1) is 14.1. The van der Waals surface area contributed by atoms with Crippen LogP contribution in [0, 0.1) is 13.8 Å². The van der Waals surface area contributed by atoms with Crippen molar-refractivity contribution < 1.29 is 0 Å². The molecule has 0 saturated carbocycles. The van der Waals surface area contributed by atoms with Gasteiger partial charge >= 0.3 is 0 Å². The van der Waals surface area contributed by atoms with Gasteiger partial charge in [0, 0.05) is 17.1 Å². The van der Waals surface area contributed by atoms with E-state index in [4.69, 9.17) is 0 Å². The van der Waals surface area contributed by atoms with Gasteiger partial charge in [-0.2, -0.15) is 5.10 Å².